The lowest BCUT2D eigenvalue weighted by atomic mass is 10.1. The number of nitrogens with one attached hydrogen (secondary N) is 1. The molecule has 1 saturated carbocycles. The van der Waals surface area contributed by atoms with Gasteiger partial charge in [-0.25, -0.2) is 9.48 Å². The molecule has 1 aliphatic rings. The van der Waals surface area contributed by atoms with Gasteiger partial charge in [-0.2, -0.15) is 0 Å². The third kappa shape index (κ3) is 2.11. The Kier molecular flexibility index (Phi) is 2.89. The Bertz CT molecular complexity index is 690. The first-order valence-electron chi connectivity index (χ1n) is 6.45. The van der Waals surface area contributed by atoms with Crippen molar-refractivity contribution in [3.05, 3.63) is 23.8 Å². The van der Waals surface area contributed by atoms with E-state index in [4.69, 9.17) is 0 Å². The average molecular weight is 274 g/mol. The SMILES string of the molecule is CC(C(=O)NC1CC1)n1nnc2cccc(C(=O)O)c21. The van der Waals surface area contributed by atoms with E-state index in [0.717, 1.165) is 12.8 Å². The molecule has 0 spiro atoms. The molecule has 104 valence electrons. The second kappa shape index (κ2) is 4.59. The number of aromatic carboxylic acids is 1. The number of nitrogens with zero attached hydrogens (tertiary/aromatic N) is 3. The largest absolute Gasteiger partial charge is 0.478 e. The third-order valence-electron chi connectivity index (χ3n) is 3.39. The first kappa shape index (κ1) is 12.6. The van der Waals surface area contributed by atoms with Crippen LogP contribution in [-0.4, -0.2) is 38.0 Å². The Balaban J connectivity index is 2.02. The molecule has 1 unspecified atom stereocenters. The molecule has 1 heterocycles. The minimum absolute atomic E-state index is 0.0959. The molecule has 0 saturated heterocycles. The minimum atomic E-state index is -1.06. The summed E-state index contributed by atoms with van der Waals surface area (Å²) in [6.45, 7) is 1.68. The molecule has 1 aliphatic carbocycles. The van der Waals surface area contributed by atoms with Crippen molar-refractivity contribution in [3.63, 3.8) is 0 Å². The lowest BCUT2D eigenvalue weighted by molar-refractivity contribution is -0.124. The number of aromatic nitrogens is 3. The van der Waals surface area contributed by atoms with Crippen molar-refractivity contribution in [1.82, 2.24) is 20.3 Å². The topological polar surface area (TPSA) is 97.1 Å². The zero-order chi connectivity index (χ0) is 14.3. The molecule has 1 fully saturated rings. The van der Waals surface area contributed by atoms with Gasteiger partial charge in [0.25, 0.3) is 0 Å². The van der Waals surface area contributed by atoms with Crippen molar-refractivity contribution < 1.29 is 14.7 Å². The number of fused-ring (bicyclic) bond motifs is 1. The summed E-state index contributed by atoms with van der Waals surface area (Å²) in [5, 5.41) is 20.0. The molecule has 7 heteroatoms. The fourth-order valence-corrected chi connectivity index (χ4v) is 2.10. The summed E-state index contributed by atoms with van der Waals surface area (Å²) in [5.74, 6) is -1.23. The van der Waals surface area contributed by atoms with Crippen LogP contribution in [0.5, 0.6) is 0 Å². The second-order valence-electron chi connectivity index (χ2n) is 4.97. The smallest absolute Gasteiger partial charge is 0.337 e. The van der Waals surface area contributed by atoms with Gasteiger partial charge in [0.1, 0.15) is 17.1 Å². The van der Waals surface area contributed by atoms with Gasteiger partial charge in [-0.1, -0.05) is 11.3 Å². The van der Waals surface area contributed by atoms with E-state index in [-0.39, 0.29) is 17.5 Å². The fourth-order valence-electron chi connectivity index (χ4n) is 2.10. The summed E-state index contributed by atoms with van der Waals surface area (Å²) in [6.07, 6.45) is 1.99. The van der Waals surface area contributed by atoms with E-state index in [1.165, 1.54) is 10.7 Å². The van der Waals surface area contributed by atoms with Crippen LogP contribution in [0.15, 0.2) is 18.2 Å². The van der Waals surface area contributed by atoms with Gasteiger partial charge >= 0.3 is 5.97 Å². The Morgan fingerprint density at radius 3 is 2.85 bits per heavy atom. The van der Waals surface area contributed by atoms with Crippen LogP contribution in [0.3, 0.4) is 0 Å². The summed E-state index contributed by atoms with van der Waals surface area (Å²) < 4.78 is 1.37. The van der Waals surface area contributed by atoms with Gasteiger partial charge in [0, 0.05) is 6.04 Å². The Labute approximate surface area is 114 Å². The van der Waals surface area contributed by atoms with Crippen LogP contribution < -0.4 is 5.32 Å². The van der Waals surface area contributed by atoms with Crippen molar-refractivity contribution >= 4 is 22.9 Å². The van der Waals surface area contributed by atoms with Crippen LogP contribution in [0.25, 0.3) is 11.0 Å². The first-order valence-corrected chi connectivity index (χ1v) is 6.45. The molecule has 0 bridgehead atoms. The molecule has 20 heavy (non-hydrogen) atoms. The number of para-hydroxylation sites is 1. The van der Waals surface area contributed by atoms with E-state index in [9.17, 15) is 14.7 Å². The maximum Gasteiger partial charge on any atom is 0.337 e. The van der Waals surface area contributed by atoms with Crippen LogP contribution in [0, 0.1) is 0 Å². The molecular formula is C13H14N4O3. The molecule has 2 N–H and O–H groups in total. The monoisotopic (exact) mass is 274 g/mol. The number of carbonyl (C=O) groups is 2. The van der Waals surface area contributed by atoms with Crippen molar-refractivity contribution in [2.75, 3.05) is 0 Å². The summed E-state index contributed by atoms with van der Waals surface area (Å²) >= 11 is 0. The summed E-state index contributed by atoms with van der Waals surface area (Å²) in [5.41, 5.74) is 0.938. The molecule has 2 aromatic rings. The number of benzene rings is 1. The number of hydrogen-bond donors (Lipinski definition) is 2. The lowest BCUT2D eigenvalue weighted by Crippen LogP contribution is -2.33. The van der Waals surface area contributed by atoms with Gasteiger partial charge in [-0.15, -0.1) is 5.10 Å². The summed E-state index contributed by atoms with van der Waals surface area (Å²) in [7, 11) is 0. The van der Waals surface area contributed by atoms with Gasteiger partial charge in [-0.05, 0) is 31.9 Å². The predicted octanol–water partition coefficient (Wildman–Crippen LogP) is 0.969. The van der Waals surface area contributed by atoms with Crippen molar-refractivity contribution in [3.8, 4) is 0 Å². The molecule has 1 amide bonds. The number of amides is 1. The van der Waals surface area contributed by atoms with Crippen molar-refractivity contribution in [1.29, 1.82) is 0 Å². The van der Waals surface area contributed by atoms with Gasteiger partial charge in [0.2, 0.25) is 5.91 Å². The minimum Gasteiger partial charge on any atom is -0.478 e. The van der Waals surface area contributed by atoms with Crippen LogP contribution in [0.2, 0.25) is 0 Å². The standard InChI is InChI=1S/C13H14N4O3/c1-7(12(18)14-8-5-6-8)17-11-9(13(19)20)3-2-4-10(11)15-16-17/h2-4,7-8H,5-6H2,1H3,(H,14,18)(H,19,20). The first-order chi connectivity index (χ1) is 9.58. The normalized spacial score (nSPS) is 16.1. The molecule has 1 aromatic carbocycles. The zero-order valence-corrected chi connectivity index (χ0v) is 10.9. The van der Waals surface area contributed by atoms with Crippen molar-refractivity contribution in [2.24, 2.45) is 0 Å². The van der Waals surface area contributed by atoms with E-state index in [1.807, 2.05) is 0 Å². The molecule has 3 rings (SSSR count). The maximum atomic E-state index is 12.1. The molecule has 0 aliphatic heterocycles. The highest BCUT2D eigenvalue weighted by Gasteiger charge is 2.28. The maximum absolute atomic E-state index is 12.1. The van der Waals surface area contributed by atoms with E-state index in [1.54, 1.807) is 19.1 Å². The number of carboxylic acids is 1. The fraction of sp³-hybridized carbons (Fsp3) is 0.385. The average Bonchev–Trinajstić information content (AvgIpc) is 3.13. The summed E-state index contributed by atoms with van der Waals surface area (Å²) in [6, 6.07) is 4.42. The Morgan fingerprint density at radius 1 is 1.45 bits per heavy atom. The highest BCUT2D eigenvalue weighted by molar-refractivity contribution is 6.01. The van der Waals surface area contributed by atoms with E-state index >= 15 is 0 Å². The molecule has 7 nitrogen and oxygen atoms in total. The van der Waals surface area contributed by atoms with Gasteiger partial charge < -0.3 is 10.4 Å². The number of hydrogen-bond acceptors (Lipinski definition) is 4. The second-order valence-corrected chi connectivity index (χ2v) is 4.97. The van der Waals surface area contributed by atoms with Crippen LogP contribution >= 0.6 is 0 Å². The third-order valence-corrected chi connectivity index (χ3v) is 3.39. The molecule has 1 atom stereocenters. The van der Waals surface area contributed by atoms with Crippen LogP contribution in [0.4, 0.5) is 0 Å². The van der Waals surface area contributed by atoms with Gasteiger partial charge in [-0.3, -0.25) is 4.79 Å². The zero-order valence-electron chi connectivity index (χ0n) is 10.9. The van der Waals surface area contributed by atoms with E-state index < -0.39 is 12.0 Å². The highest BCUT2D eigenvalue weighted by Crippen LogP contribution is 2.23. The quantitative estimate of drug-likeness (QED) is 0.865. The van der Waals surface area contributed by atoms with E-state index in [2.05, 4.69) is 15.6 Å². The van der Waals surface area contributed by atoms with E-state index in [0.29, 0.717) is 11.0 Å². The predicted molar refractivity (Wildman–Crippen MR) is 70.4 cm³/mol. The van der Waals surface area contributed by atoms with Gasteiger partial charge in [0.05, 0.1) is 5.56 Å². The number of carbonyl (C=O) groups excluding carboxylic acids is 1. The van der Waals surface area contributed by atoms with Crippen LogP contribution in [0.1, 0.15) is 36.2 Å². The molecule has 1 aromatic heterocycles. The molecular weight excluding hydrogens is 260 g/mol. The lowest BCUT2D eigenvalue weighted by Gasteiger charge is -2.13. The molecule has 0 radical (unpaired) electrons. The van der Waals surface area contributed by atoms with Crippen LogP contribution in [-0.2, 0) is 4.79 Å². The van der Waals surface area contributed by atoms with Gasteiger partial charge in [0.15, 0.2) is 0 Å². The Morgan fingerprint density at radius 2 is 2.20 bits per heavy atom. The van der Waals surface area contributed by atoms with Crippen molar-refractivity contribution in [2.45, 2.75) is 31.8 Å². The Hall–Kier alpha value is -2.44. The summed E-state index contributed by atoms with van der Waals surface area (Å²) in [4.78, 5) is 23.3. The number of carboxylic acid groups (broad SMARTS) is 1. The highest BCUT2D eigenvalue weighted by atomic mass is 16.4. The number of rotatable bonds is 4.